The summed E-state index contributed by atoms with van der Waals surface area (Å²) in [4.78, 5) is 0. The lowest BCUT2D eigenvalue weighted by molar-refractivity contribution is 0.589. The van der Waals surface area contributed by atoms with Crippen LogP contribution in [0, 0.1) is 0 Å². The van der Waals surface area contributed by atoms with Gasteiger partial charge in [0.1, 0.15) is 0 Å². The molecule has 1 unspecified atom stereocenters. The molecule has 88 valence electrons. The second-order valence-electron chi connectivity index (χ2n) is 5.64. The number of rotatable bonds is 3. The summed E-state index contributed by atoms with van der Waals surface area (Å²) in [5.74, 6) is 0. The zero-order valence-electron chi connectivity index (χ0n) is 10.9. The summed E-state index contributed by atoms with van der Waals surface area (Å²) in [5, 5.41) is 0. The van der Waals surface area contributed by atoms with Gasteiger partial charge in [0, 0.05) is 6.04 Å². The first kappa shape index (κ1) is 13.0. The Hall–Kier alpha value is -1.08. The molecule has 1 aromatic rings. The summed E-state index contributed by atoms with van der Waals surface area (Å²) in [5.41, 5.74) is 9.97. The molecule has 2 N–H and O–H groups in total. The molecule has 0 aliphatic heterocycles. The Morgan fingerprint density at radius 3 is 2.12 bits per heavy atom. The molecular weight excluding hydrogens is 194 g/mol. The molecule has 0 heterocycles. The lowest BCUT2D eigenvalue weighted by Gasteiger charge is -2.20. The number of hydrogen-bond acceptors (Lipinski definition) is 1. The van der Waals surface area contributed by atoms with Crippen LogP contribution in [0.25, 0.3) is 0 Å². The van der Waals surface area contributed by atoms with Crippen molar-refractivity contribution in [3.8, 4) is 0 Å². The average Bonchev–Trinajstić information content (AvgIpc) is 2.15. The number of hydrogen-bond donors (Lipinski definition) is 1. The Morgan fingerprint density at radius 2 is 1.75 bits per heavy atom. The van der Waals surface area contributed by atoms with Gasteiger partial charge >= 0.3 is 0 Å². The second-order valence-corrected chi connectivity index (χ2v) is 5.64. The van der Waals surface area contributed by atoms with Gasteiger partial charge in [-0.15, -0.1) is 6.58 Å². The highest BCUT2D eigenvalue weighted by Gasteiger charge is 2.14. The molecular formula is C15H23N. The van der Waals surface area contributed by atoms with Crippen molar-refractivity contribution in [1.29, 1.82) is 0 Å². The molecule has 0 saturated heterocycles. The quantitative estimate of drug-likeness (QED) is 0.762. The molecule has 1 atom stereocenters. The van der Waals surface area contributed by atoms with Crippen molar-refractivity contribution in [3.05, 3.63) is 47.5 Å². The van der Waals surface area contributed by atoms with Gasteiger partial charge in [0.25, 0.3) is 0 Å². The van der Waals surface area contributed by atoms with Crippen LogP contribution in [0.15, 0.2) is 36.4 Å². The minimum absolute atomic E-state index is 0.0755. The average molecular weight is 217 g/mol. The first-order chi connectivity index (χ1) is 7.30. The fourth-order valence-electron chi connectivity index (χ4n) is 1.72. The van der Waals surface area contributed by atoms with Crippen LogP contribution in [-0.4, -0.2) is 0 Å². The monoisotopic (exact) mass is 217 g/mol. The van der Waals surface area contributed by atoms with E-state index < -0.39 is 0 Å². The van der Waals surface area contributed by atoms with Crippen molar-refractivity contribution in [3.63, 3.8) is 0 Å². The van der Waals surface area contributed by atoms with Crippen LogP contribution in [0.3, 0.4) is 0 Å². The smallest absolute Gasteiger partial charge is 0.0332 e. The highest BCUT2D eigenvalue weighted by atomic mass is 14.6. The summed E-state index contributed by atoms with van der Waals surface area (Å²) in [7, 11) is 0. The number of nitrogens with two attached hydrogens (primary N) is 1. The zero-order valence-corrected chi connectivity index (χ0v) is 10.9. The fourth-order valence-corrected chi connectivity index (χ4v) is 1.72. The maximum atomic E-state index is 6.09. The van der Waals surface area contributed by atoms with E-state index in [2.05, 4.69) is 51.6 Å². The van der Waals surface area contributed by atoms with Gasteiger partial charge in [-0.25, -0.2) is 0 Å². The maximum Gasteiger partial charge on any atom is 0.0332 e. The van der Waals surface area contributed by atoms with E-state index in [-0.39, 0.29) is 11.5 Å². The van der Waals surface area contributed by atoms with Crippen molar-refractivity contribution in [2.45, 2.75) is 45.6 Å². The fraction of sp³-hybridized carbons (Fsp3) is 0.467. The van der Waals surface area contributed by atoms with E-state index in [0.717, 1.165) is 12.0 Å². The van der Waals surface area contributed by atoms with Gasteiger partial charge in [0.05, 0.1) is 0 Å². The molecule has 0 bridgehead atoms. The van der Waals surface area contributed by atoms with E-state index in [1.165, 1.54) is 11.1 Å². The summed E-state index contributed by atoms with van der Waals surface area (Å²) in [6.07, 6.45) is 0.856. The summed E-state index contributed by atoms with van der Waals surface area (Å²) in [6.45, 7) is 12.6. The Balaban J connectivity index is 2.83. The number of benzene rings is 1. The molecule has 16 heavy (non-hydrogen) atoms. The van der Waals surface area contributed by atoms with Crippen LogP contribution in [0.5, 0.6) is 0 Å². The molecule has 0 spiro atoms. The molecule has 1 rings (SSSR count). The normalized spacial score (nSPS) is 13.6. The third kappa shape index (κ3) is 3.49. The van der Waals surface area contributed by atoms with Crippen molar-refractivity contribution < 1.29 is 0 Å². The SMILES string of the molecule is C=C(C)CC(N)c1ccc(C(C)(C)C)cc1. The summed E-state index contributed by atoms with van der Waals surface area (Å²) in [6, 6.07) is 8.69. The van der Waals surface area contributed by atoms with Crippen LogP contribution in [0.2, 0.25) is 0 Å². The van der Waals surface area contributed by atoms with Crippen LogP contribution in [0.4, 0.5) is 0 Å². The topological polar surface area (TPSA) is 26.0 Å². The van der Waals surface area contributed by atoms with Gasteiger partial charge in [-0.05, 0) is 29.9 Å². The van der Waals surface area contributed by atoms with Gasteiger partial charge < -0.3 is 5.73 Å². The predicted molar refractivity (Wildman–Crippen MR) is 71.5 cm³/mol. The van der Waals surface area contributed by atoms with Crippen molar-refractivity contribution >= 4 is 0 Å². The van der Waals surface area contributed by atoms with E-state index in [0.29, 0.717) is 0 Å². The van der Waals surface area contributed by atoms with E-state index in [1.54, 1.807) is 0 Å². The minimum Gasteiger partial charge on any atom is -0.324 e. The molecule has 0 amide bonds. The minimum atomic E-state index is 0.0755. The van der Waals surface area contributed by atoms with E-state index in [9.17, 15) is 0 Å². The first-order valence-electron chi connectivity index (χ1n) is 5.81. The van der Waals surface area contributed by atoms with Crippen LogP contribution in [0.1, 0.15) is 51.3 Å². The molecule has 1 heteroatoms. The Kier molecular flexibility index (Phi) is 3.93. The van der Waals surface area contributed by atoms with Gasteiger partial charge in [0.2, 0.25) is 0 Å². The maximum absolute atomic E-state index is 6.09. The third-order valence-corrected chi connectivity index (χ3v) is 2.77. The van der Waals surface area contributed by atoms with Crippen LogP contribution in [-0.2, 0) is 5.41 Å². The molecule has 1 aromatic carbocycles. The molecule has 0 aromatic heterocycles. The zero-order chi connectivity index (χ0) is 12.3. The second kappa shape index (κ2) is 4.84. The summed E-state index contributed by atoms with van der Waals surface area (Å²) >= 11 is 0. The summed E-state index contributed by atoms with van der Waals surface area (Å²) < 4.78 is 0. The van der Waals surface area contributed by atoms with E-state index in [4.69, 9.17) is 5.73 Å². The van der Waals surface area contributed by atoms with Gasteiger partial charge in [0.15, 0.2) is 0 Å². The van der Waals surface area contributed by atoms with E-state index >= 15 is 0 Å². The highest BCUT2D eigenvalue weighted by molar-refractivity contribution is 5.29. The largest absolute Gasteiger partial charge is 0.324 e. The molecule has 1 nitrogen and oxygen atoms in total. The standard InChI is InChI=1S/C15H23N/c1-11(2)10-14(16)12-6-8-13(9-7-12)15(3,4)5/h6-9,14H,1,10,16H2,2-5H3. The van der Waals surface area contributed by atoms with E-state index in [1.807, 2.05) is 6.92 Å². The molecule has 0 aliphatic carbocycles. The van der Waals surface area contributed by atoms with Gasteiger partial charge in [-0.1, -0.05) is 50.6 Å². The van der Waals surface area contributed by atoms with Crippen molar-refractivity contribution in [2.24, 2.45) is 5.73 Å². The van der Waals surface area contributed by atoms with Gasteiger partial charge in [-0.2, -0.15) is 0 Å². The lowest BCUT2D eigenvalue weighted by Crippen LogP contribution is -2.13. The Bertz CT molecular complexity index is 354. The predicted octanol–water partition coefficient (Wildman–Crippen LogP) is 3.95. The van der Waals surface area contributed by atoms with Crippen LogP contribution >= 0.6 is 0 Å². The van der Waals surface area contributed by atoms with Gasteiger partial charge in [-0.3, -0.25) is 0 Å². The Morgan fingerprint density at radius 1 is 1.25 bits per heavy atom. The van der Waals surface area contributed by atoms with Crippen molar-refractivity contribution in [2.75, 3.05) is 0 Å². The molecule has 0 aliphatic rings. The molecule has 0 radical (unpaired) electrons. The van der Waals surface area contributed by atoms with Crippen LogP contribution < -0.4 is 5.73 Å². The Labute approximate surface area is 99.4 Å². The van der Waals surface area contributed by atoms with Crippen molar-refractivity contribution in [1.82, 2.24) is 0 Å². The third-order valence-electron chi connectivity index (χ3n) is 2.77. The molecule has 0 fully saturated rings. The first-order valence-corrected chi connectivity index (χ1v) is 5.81. The highest BCUT2D eigenvalue weighted by Crippen LogP contribution is 2.24. The lowest BCUT2D eigenvalue weighted by atomic mass is 9.86. The molecule has 0 saturated carbocycles.